The van der Waals surface area contributed by atoms with Gasteiger partial charge in [0.1, 0.15) is 5.75 Å². The second-order valence-electron chi connectivity index (χ2n) is 5.13. The minimum atomic E-state index is -0.158. The molecule has 21 heavy (non-hydrogen) atoms. The molecule has 0 bridgehead atoms. The van der Waals surface area contributed by atoms with Gasteiger partial charge in [0, 0.05) is 12.6 Å². The molecule has 6 nitrogen and oxygen atoms in total. The van der Waals surface area contributed by atoms with Crippen LogP contribution in [-0.4, -0.2) is 43.5 Å². The highest BCUT2D eigenvalue weighted by Crippen LogP contribution is 2.27. The maximum absolute atomic E-state index is 12.1. The van der Waals surface area contributed by atoms with Gasteiger partial charge in [-0.05, 0) is 44.1 Å². The number of ether oxygens (including phenoxy) is 1. The third kappa shape index (κ3) is 4.46. The van der Waals surface area contributed by atoms with Gasteiger partial charge in [0.05, 0.1) is 19.3 Å². The Morgan fingerprint density at radius 2 is 1.95 bits per heavy atom. The lowest BCUT2D eigenvalue weighted by atomic mass is 10.2. The third-order valence-corrected chi connectivity index (χ3v) is 3.36. The van der Waals surface area contributed by atoms with Crippen LogP contribution >= 0.6 is 0 Å². The maximum atomic E-state index is 12.1. The van der Waals surface area contributed by atoms with Crippen LogP contribution in [0.4, 0.5) is 11.4 Å². The second kappa shape index (κ2) is 7.08. The van der Waals surface area contributed by atoms with Gasteiger partial charge in [0.25, 0.3) is 0 Å². The van der Waals surface area contributed by atoms with Gasteiger partial charge in [-0.3, -0.25) is 14.5 Å². The van der Waals surface area contributed by atoms with Gasteiger partial charge in [-0.15, -0.1) is 0 Å². The Morgan fingerprint density at radius 3 is 2.57 bits per heavy atom. The fourth-order valence-electron chi connectivity index (χ4n) is 2.42. The number of likely N-dealkylation sites (tertiary alicyclic amines) is 1. The maximum Gasteiger partial charge on any atom is 0.238 e. The Balaban J connectivity index is 2.05. The molecule has 2 rings (SSSR count). The van der Waals surface area contributed by atoms with Crippen molar-refractivity contribution < 1.29 is 14.3 Å². The van der Waals surface area contributed by atoms with E-state index in [1.54, 1.807) is 25.3 Å². The van der Waals surface area contributed by atoms with E-state index in [0.717, 1.165) is 25.9 Å². The standard InChI is InChI=1S/C15H21N3O3/c1-11(19)16-12-5-6-14(21-2)13(9-12)17-15(20)10-18-7-3-4-8-18/h5-6,9H,3-4,7-8,10H2,1-2H3,(H,16,19)(H,17,20). The number of methoxy groups -OCH3 is 1. The monoisotopic (exact) mass is 291 g/mol. The van der Waals surface area contributed by atoms with Crippen molar-refractivity contribution in [3.8, 4) is 5.75 Å². The molecule has 2 amide bonds. The highest BCUT2D eigenvalue weighted by Gasteiger charge is 2.16. The number of rotatable bonds is 5. The van der Waals surface area contributed by atoms with E-state index in [2.05, 4.69) is 15.5 Å². The van der Waals surface area contributed by atoms with Gasteiger partial charge in [-0.1, -0.05) is 0 Å². The second-order valence-corrected chi connectivity index (χ2v) is 5.13. The molecular weight excluding hydrogens is 270 g/mol. The Bertz CT molecular complexity index is 525. The Morgan fingerprint density at radius 1 is 1.24 bits per heavy atom. The number of amides is 2. The first-order chi connectivity index (χ1) is 10.1. The predicted molar refractivity (Wildman–Crippen MR) is 81.6 cm³/mol. The molecule has 1 fully saturated rings. The first-order valence-electron chi connectivity index (χ1n) is 7.06. The van der Waals surface area contributed by atoms with Crippen LogP contribution in [0.2, 0.25) is 0 Å². The SMILES string of the molecule is COc1ccc(NC(C)=O)cc1NC(=O)CN1CCCC1. The van der Waals surface area contributed by atoms with Crippen molar-refractivity contribution in [3.05, 3.63) is 18.2 Å². The number of nitrogens with zero attached hydrogens (tertiary/aromatic N) is 1. The largest absolute Gasteiger partial charge is 0.495 e. The van der Waals surface area contributed by atoms with Gasteiger partial charge in [-0.2, -0.15) is 0 Å². The van der Waals surface area contributed by atoms with E-state index in [1.165, 1.54) is 6.92 Å². The van der Waals surface area contributed by atoms with E-state index < -0.39 is 0 Å². The predicted octanol–water partition coefficient (Wildman–Crippen LogP) is 1.69. The summed E-state index contributed by atoms with van der Waals surface area (Å²) in [6.45, 7) is 3.76. The van der Waals surface area contributed by atoms with Crippen LogP contribution in [0.5, 0.6) is 5.75 Å². The molecule has 114 valence electrons. The van der Waals surface area contributed by atoms with E-state index in [9.17, 15) is 9.59 Å². The van der Waals surface area contributed by atoms with Crippen molar-refractivity contribution in [1.82, 2.24) is 4.90 Å². The molecule has 0 saturated carbocycles. The lowest BCUT2D eigenvalue weighted by Gasteiger charge is -2.16. The van der Waals surface area contributed by atoms with E-state index >= 15 is 0 Å². The molecule has 1 aromatic rings. The molecule has 0 atom stereocenters. The average molecular weight is 291 g/mol. The highest BCUT2D eigenvalue weighted by molar-refractivity contribution is 5.95. The van der Waals surface area contributed by atoms with Crippen LogP contribution in [-0.2, 0) is 9.59 Å². The van der Waals surface area contributed by atoms with Crippen molar-refractivity contribution in [1.29, 1.82) is 0 Å². The van der Waals surface area contributed by atoms with Crippen LogP contribution in [0.3, 0.4) is 0 Å². The number of benzene rings is 1. The van der Waals surface area contributed by atoms with Crippen molar-refractivity contribution in [2.24, 2.45) is 0 Å². The average Bonchev–Trinajstić information content (AvgIpc) is 2.91. The van der Waals surface area contributed by atoms with Gasteiger partial charge in [0.2, 0.25) is 11.8 Å². The van der Waals surface area contributed by atoms with Crippen LogP contribution < -0.4 is 15.4 Å². The van der Waals surface area contributed by atoms with E-state index in [4.69, 9.17) is 4.74 Å². The Kier molecular flexibility index (Phi) is 5.16. The zero-order chi connectivity index (χ0) is 15.2. The smallest absolute Gasteiger partial charge is 0.238 e. The van der Waals surface area contributed by atoms with Crippen molar-refractivity contribution >= 4 is 23.2 Å². The van der Waals surface area contributed by atoms with Gasteiger partial charge in [0.15, 0.2) is 0 Å². The van der Waals surface area contributed by atoms with Gasteiger partial charge in [-0.25, -0.2) is 0 Å². The quantitative estimate of drug-likeness (QED) is 0.866. The molecule has 1 aromatic carbocycles. The first-order valence-corrected chi connectivity index (χ1v) is 7.06. The van der Waals surface area contributed by atoms with Crippen molar-refractivity contribution in [2.75, 3.05) is 37.4 Å². The van der Waals surface area contributed by atoms with Crippen LogP contribution in [0.25, 0.3) is 0 Å². The highest BCUT2D eigenvalue weighted by atomic mass is 16.5. The zero-order valence-electron chi connectivity index (χ0n) is 12.4. The van der Waals surface area contributed by atoms with E-state index in [0.29, 0.717) is 23.7 Å². The van der Waals surface area contributed by atoms with Crippen LogP contribution in [0.1, 0.15) is 19.8 Å². The number of hydrogen-bond acceptors (Lipinski definition) is 4. The molecule has 1 aliphatic heterocycles. The van der Waals surface area contributed by atoms with Crippen molar-refractivity contribution in [2.45, 2.75) is 19.8 Å². The number of carbonyl (C=O) groups is 2. The molecule has 0 radical (unpaired) electrons. The number of nitrogens with one attached hydrogen (secondary N) is 2. The molecule has 6 heteroatoms. The Hall–Kier alpha value is -2.08. The third-order valence-electron chi connectivity index (χ3n) is 3.36. The summed E-state index contributed by atoms with van der Waals surface area (Å²) in [6, 6.07) is 5.15. The lowest BCUT2D eigenvalue weighted by molar-refractivity contribution is -0.117. The molecule has 0 unspecified atom stereocenters. The molecular formula is C15H21N3O3. The fourth-order valence-corrected chi connectivity index (χ4v) is 2.42. The van der Waals surface area contributed by atoms with Crippen LogP contribution in [0, 0.1) is 0 Å². The molecule has 2 N–H and O–H groups in total. The molecule has 0 spiro atoms. The summed E-state index contributed by atoms with van der Waals surface area (Å²) in [5.74, 6) is 0.337. The first kappa shape index (κ1) is 15.3. The van der Waals surface area contributed by atoms with Gasteiger partial charge < -0.3 is 15.4 Å². The summed E-state index contributed by atoms with van der Waals surface area (Å²) in [6.07, 6.45) is 2.29. The summed E-state index contributed by atoms with van der Waals surface area (Å²) < 4.78 is 5.24. The molecule has 0 aromatic heterocycles. The van der Waals surface area contributed by atoms with Crippen molar-refractivity contribution in [3.63, 3.8) is 0 Å². The summed E-state index contributed by atoms with van der Waals surface area (Å²) in [5, 5.41) is 5.53. The molecule has 1 heterocycles. The molecule has 0 aliphatic carbocycles. The summed E-state index contributed by atoms with van der Waals surface area (Å²) in [4.78, 5) is 25.3. The van der Waals surface area contributed by atoms with Gasteiger partial charge >= 0.3 is 0 Å². The number of hydrogen-bond donors (Lipinski definition) is 2. The topological polar surface area (TPSA) is 70.7 Å². The van der Waals surface area contributed by atoms with E-state index in [-0.39, 0.29) is 11.8 Å². The number of anilines is 2. The van der Waals surface area contributed by atoms with E-state index in [1.807, 2.05) is 0 Å². The molecule has 1 saturated heterocycles. The molecule has 1 aliphatic rings. The summed E-state index contributed by atoms with van der Waals surface area (Å²) >= 11 is 0. The lowest BCUT2D eigenvalue weighted by Crippen LogP contribution is -2.31. The summed E-state index contributed by atoms with van der Waals surface area (Å²) in [5.41, 5.74) is 1.19. The fraction of sp³-hybridized carbons (Fsp3) is 0.467. The minimum Gasteiger partial charge on any atom is -0.495 e. The zero-order valence-corrected chi connectivity index (χ0v) is 12.4. The normalized spacial score (nSPS) is 14.8. The summed E-state index contributed by atoms with van der Waals surface area (Å²) in [7, 11) is 1.55. The van der Waals surface area contributed by atoms with Crippen LogP contribution in [0.15, 0.2) is 18.2 Å². The minimum absolute atomic E-state index is 0.0739. The number of carbonyl (C=O) groups excluding carboxylic acids is 2. The Labute approximate surface area is 124 Å².